The van der Waals surface area contributed by atoms with Crippen LogP contribution in [0.15, 0.2) is 94.3 Å². The molecule has 59 heavy (non-hydrogen) atoms. The monoisotopic (exact) mass is 800 g/mol. The van der Waals surface area contributed by atoms with E-state index in [-0.39, 0.29) is 27.5 Å². The van der Waals surface area contributed by atoms with E-state index in [1.807, 2.05) is 75.2 Å². The minimum absolute atomic E-state index is 0. The van der Waals surface area contributed by atoms with Gasteiger partial charge in [0.2, 0.25) is 5.88 Å². The standard InChI is InChI=1S/C21H23N13.C8H11N5.C6H9N3O.CH4.B/c1-31(2)16-5-7-24-20-14(10-26-33(16)20)28-13-9-12(22)18(23)30-19(13)29-15-11-27-34-17(32(3)4)6-8-25-21(15)34;1-12(2)7-3-4-10-8-6(9)5-11-13(7)8;1-10-5-3-2-4(7)6(8)9-5;;/h5-11H,22H2,1-4H3,(H2,23,29,30);3-5H,9H2,1-2H3;2-3H,7H2,1H3,(H2,8,9);1H4;. The molecule has 1 aliphatic rings. The lowest BCUT2D eigenvalue weighted by Gasteiger charge is -2.13. The van der Waals surface area contributed by atoms with Crippen molar-refractivity contribution in [2.75, 3.05) is 81.3 Å². The summed E-state index contributed by atoms with van der Waals surface area (Å²) in [6, 6.07) is 8.93. The molecule has 0 saturated carbocycles. The van der Waals surface area contributed by atoms with Gasteiger partial charge in [-0.15, -0.1) is 0 Å². The summed E-state index contributed by atoms with van der Waals surface area (Å²) in [5.74, 6) is 3.90. The SMILES string of the molecule is C.CN(C)c1ccnc2c(N)cnn12.CN(C)c1ccnc2c(N=C3C=C(N)C(N)=NC3=Nc3cnn4c(N(C)C)ccnc34)cnn12.COc1ccc(N)c(N)n1.[B]. The Hall–Kier alpha value is -7.98. The predicted molar refractivity (Wildman–Crippen MR) is 237 cm³/mol. The van der Waals surface area contributed by atoms with Gasteiger partial charge in [0.05, 0.1) is 42.8 Å². The van der Waals surface area contributed by atoms with Gasteiger partial charge in [0.15, 0.2) is 28.6 Å². The molecule has 0 amide bonds. The molecule has 0 atom stereocenters. The van der Waals surface area contributed by atoms with Gasteiger partial charge in [-0.2, -0.15) is 33.8 Å². The van der Waals surface area contributed by atoms with E-state index in [0.717, 1.165) is 17.5 Å². The molecule has 8 rings (SSSR count). The zero-order valence-electron chi connectivity index (χ0n) is 33.0. The van der Waals surface area contributed by atoms with E-state index in [1.165, 1.54) is 7.11 Å². The summed E-state index contributed by atoms with van der Waals surface area (Å²) in [5.41, 5.74) is 33.2. The van der Waals surface area contributed by atoms with Crippen molar-refractivity contribution in [3.63, 3.8) is 0 Å². The van der Waals surface area contributed by atoms with E-state index < -0.39 is 0 Å². The molecular formula is C36H47BN21O. The molecule has 3 radical (unpaired) electrons. The van der Waals surface area contributed by atoms with E-state index in [0.29, 0.717) is 62.8 Å². The Balaban J connectivity index is 0.000000252. The highest BCUT2D eigenvalue weighted by atomic mass is 16.5. The number of nitrogens with zero attached hydrogens (tertiary/aromatic N) is 16. The highest BCUT2D eigenvalue weighted by Gasteiger charge is 2.19. The summed E-state index contributed by atoms with van der Waals surface area (Å²) < 4.78 is 9.93. The molecule has 8 heterocycles. The van der Waals surface area contributed by atoms with Crippen molar-refractivity contribution in [2.45, 2.75) is 7.43 Å². The molecule has 7 aromatic heterocycles. The molecule has 7 aromatic rings. The van der Waals surface area contributed by atoms with Crippen molar-refractivity contribution in [1.29, 1.82) is 0 Å². The number of nitrogens with two attached hydrogens (primary N) is 5. The van der Waals surface area contributed by atoms with E-state index in [4.69, 9.17) is 38.4 Å². The maximum Gasteiger partial charge on any atom is 0.215 e. The highest BCUT2D eigenvalue weighted by molar-refractivity contribution is 6.50. The summed E-state index contributed by atoms with van der Waals surface area (Å²) in [5, 5.41) is 13.0. The van der Waals surface area contributed by atoms with Gasteiger partial charge in [-0.1, -0.05) is 7.43 Å². The van der Waals surface area contributed by atoms with Gasteiger partial charge >= 0.3 is 0 Å². The van der Waals surface area contributed by atoms with E-state index >= 15 is 0 Å². The van der Waals surface area contributed by atoms with Gasteiger partial charge in [-0.3, -0.25) is 0 Å². The first-order chi connectivity index (χ1) is 27.3. The third kappa shape index (κ3) is 9.19. The fourth-order valence-electron chi connectivity index (χ4n) is 5.31. The number of aromatic nitrogens is 10. The van der Waals surface area contributed by atoms with Crippen LogP contribution < -0.4 is 48.1 Å². The van der Waals surface area contributed by atoms with Crippen molar-refractivity contribution < 1.29 is 4.74 Å². The number of hydrogen-bond donors (Lipinski definition) is 5. The van der Waals surface area contributed by atoms with E-state index in [1.54, 1.807) is 68.9 Å². The van der Waals surface area contributed by atoms with Crippen molar-refractivity contribution in [1.82, 2.24) is 48.8 Å². The predicted octanol–water partition coefficient (Wildman–Crippen LogP) is 1.81. The molecule has 0 fully saturated rings. The fourth-order valence-corrected chi connectivity index (χ4v) is 5.31. The lowest BCUT2D eigenvalue weighted by Crippen LogP contribution is -2.29. The van der Waals surface area contributed by atoms with Gasteiger partial charge < -0.3 is 48.1 Å². The first-order valence-corrected chi connectivity index (χ1v) is 17.1. The summed E-state index contributed by atoms with van der Waals surface area (Å²) in [6.45, 7) is 0. The molecule has 0 saturated heterocycles. The van der Waals surface area contributed by atoms with Gasteiger partial charge in [0.25, 0.3) is 0 Å². The number of anilines is 6. The van der Waals surface area contributed by atoms with Gasteiger partial charge in [0, 0.05) is 75.4 Å². The maximum atomic E-state index is 6.05. The van der Waals surface area contributed by atoms with Crippen LogP contribution in [0.2, 0.25) is 0 Å². The molecule has 305 valence electrons. The van der Waals surface area contributed by atoms with Crippen LogP contribution in [0.4, 0.5) is 46.0 Å². The van der Waals surface area contributed by atoms with Crippen molar-refractivity contribution >= 4 is 88.8 Å². The van der Waals surface area contributed by atoms with Crippen LogP contribution in [0.5, 0.6) is 5.88 Å². The van der Waals surface area contributed by atoms with Crippen LogP contribution >= 0.6 is 0 Å². The molecule has 0 unspecified atom stereocenters. The molecular weight excluding hydrogens is 753 g/mol. The number of methoxy groups -OCH3 is 1. The van der Waals surface area contributed by atoms with E-state index in [2.05, 4.69) is 45.2 Å². The van der Waals surface area contributed by atoms with Crippen LogP contribution in [0.1, 0.15) is 7.43 Å². The first-order valence-electron chi connectivity index (χ1n) is 17.1. The second-order valence-electron chi connectivity index (χ2n) is 12.8. The highest BCUT2D eigenvalue weighted by Crippen LogP contribution is 2.26. The van der Waals surface area contributed by atoms with Crippen molar-refractivity contribution in [3.05, 3.63) is 79.3 Å². The number of hydrogen-bond acceptors (Lipinski definition) is 18. The average Bonchev–Trinajstić information content (AvgIpc) is 3.92. The minimum Gasteiger partial charge on any atom is -0.481 e. The molecule has 22 nitrogen and oxygen atoms in total. The normalized spacial score (nSPS) is 13.3. The quantitative estimate of drug-likeness (QED) is 0.150. The molecule has 0 bridgehead atoms. The maximum absolute atomic E-state index is 6.05. The van der Waals surface area contributed by atoms with Crippen LogP contribution in [0.25, 0.3) is 16.9 Å². The Bertz CT molecular complexity index is 2570. The van der Waals surface area contributed by atoms with E-state index in [9.17, 15) is 0 Å². The van der Waals surface area contributed by atoms with Crippen LogP contribution in [0, 0.1) is 0 Å². The zero-order valence-corrected chi connectivity index (χ0v) is 33.0. The summed E-state index contributed by atoms with van der Waals surface area (Å²) in [7, 11) is 13.1. The number of dihydropyridines is 1. The molecule has 23 heteroatoms. The minimum atomic E-state index is 0. The number of fused-ring (bicyclic) bond motifs is 3. The number of aliphatic imine (C=N–C) groups is 3. The smallest absolute Gasteiger partial charge is 0.215 e. The largest absolute Gasteiger partial charge is 0.481 e. The van der Waals surface area contributed by atoms with Crippen LogP contribution in [-0.4, -0.2) is 124 Å². The number of ether oxygens (including phenoxy) is 1. The molecule has 1 aliphatic heterocycles. The molecule has 0 spiro atoms. The Kier molecular flexibility index (Phi) is 13.6. The van der Waals surface area contributed by atoms with Gasteiger partial charge in [-0.25, -0.2) is 29.9 Å². The summed E-state index contributed by atoms with van der Waals surface area (Å²) in [6.07, 6.45) is 11.6. The lowest BCUT2D eigenvalue weighted by molar-refractivity contribution is 0.399. The van der Waals surface area contributed by atoms with Crippen molar-refractivity contribution in [2.24, 2.45) is 26.4 Å². The zero-order chi connectivity index (χ0) is 41.0. The second-order valence-corrected chi connectivity index (χ2v) is 12.8. The Morgan fingerprint density at radius 3 is 1.58 bits per heavy atom. The van der Waals surface area contributed by atoms with Gasteiger partial charge in [-0.05, 0) is 30.3 Å². The Morgan fingerprint density at radius 2 is 1.08 bits per heavy atom. The third-order valence-corrected chi connectivity index (χ3v) is 8.16. The molecule has 10 N–H and O–H groups in total. The fraction of sp³-hybridized carbons (Fsp3) is 0.222. The number of nitrogen functional groups attached to an aromatic ring is 3. The lowest BCUT2D eigenvalue weighted by atomic mass is 10.2. The average molecular weight is 801 g/mol. The number of rotatable bonds is 6. The van der Waals surface area contributed by atoms with Crippen molar-refractivity contribution in [3.8, 4) is 5.88 Å². The van der Waals surface area contributed by atoms with Gasteiger partial charge in [0.1, 0.15) is 40.4 Å². The number of amidine groups is 2. The Labute approximate surface area is 342 Å². The topological polar surface area (TPSA) is 290 Å². The molecule has 0 aromatic carbocycles. The molecule has 0 aliphatic carbocycles. The van der Waals surface area contributed by atoms with Crippen LogP contribution in [-0.2, 0) is 0 Å². The Morgan fingerprint density at radius 1 is 0.610 bits per heavy atom. The summed E-state index contributed by atoms with van der Waals surface area (Å²) in [4.78, 5) is 36.4. The number of pyridine rings is 1. The second kappa shape index (κ2) is 18.3. The third-order valence-electron chi connectivity index (χ3n) is 8.16. The summed E-state index contributed by atoms with van der Waals surface area (Å²) >= 11 is 0. The van der Waals surface area contributed by atoms with Crippen LogP contribution in [0.3, 0.4) is 0 Å². The first kappa shape index (κ1) is 43.7.